The molecular weight excluding hydrogens is 1470 g/mol. The van der Waals surface area contributed by atoms with E-state index in [4.69, 9.17) is 0 Å². The van der Waals surface area contributed by atoms with Crippen LogP contribution in [0.5, 0.6) is 0 Å². The summed E-state index contributed by atoms with van der Waals surface area (Å²) in [7, 11) is 0. The van der Waals surface area contributed by atoms with E-state index >= 15 is 0 Å². The van der Waals surface area contributed by atoms with Crippen molar-refractivity contribution in [3.63, 3.8) is 0 Å². The lowest BCUT2D eigenvalue weighted by molar-refractivity contribution is 0.768. The highest BCUT2D eigenvalue weighted by atomic mass is 15.3. The van der Waals surface area contributed by atoms with Crippen molar-refractivity contribution >= 4 is 180 Å². The van der Waals surface area contributed by atoms with Gasteiger partial charge in [-0.15, -0.1) is 0 Å². The van der Waals surface area contributed by atoms with Crippen molar-refractivity contribution in [1.82, 2.24) is 0 Å². The minimum Gasteiger partial charge on any atom is -0.306 e. The zero-order chi connectivity index (χ0) is 79.4. The third-order valence-corrected chi connectivity index (χ3v) is 25.6. The number of benzene rings is 20. The van der Waals surface area contributed by atoms with Crippen LogP contribution in [0.15, 0.2) is 449 Å². The Hall–Kier alpha value is -16.2. The summed E-state index contributed by atoms with van der Waals surface area (Å²) in [6.45, 7) is 0. The van der Waals surface area contributed by atoms with Crippen molar-refractivity contribution in [2.75, 3.05) is 39.2 Å². The Kier molecular flexibility index (Phi) is 15.2. The maximum absolute atomic E-state index is 2.56. The molecule has 566 valence electrons. The summed E-state index contributed by atoms with van der Waals surface area (Å²) >= 11 is 0. The topological polar surface area (TPSA) is 25.9 Å². The summed E-state index contributed by atoms with van der Waals surface area (Å²) < 4.78 is 0. The van der Waals surface area contributed by atoms with Crippen LogP contribution in [0.2, 0.25) is 0 Å². The van der Waals surface area contributed by atoms with Gasteiger partial charge in [-0.05, 0) is 213 Å². The summed E-state index contributed by atoms with van der Waals surface area (Å²) in [5, 5.41) is 9.41. The summed E-state index contributed by atoms with van der Waals surface area (Å²) in [5.41, 5.74) is 31.1. The van der Waals surface area contributed by atoms with Crippen LogP contribution >= 0.6 is 0 Å². The second-order valence-corrected chi connectivity index (χ2v) is 31.9. The first-order valence-corrected chi connectivity index (χ1v) is 41.6. The average Bonchev–Trinajstić information content (AvgIpc) is 1.52. The van der Waals surface area contributed by atoms with Crippen LogP contribution in [0, 0.1) is 0 Å². The zero-order valence-corrected chi connectivity index (χ0v) is 65.8. The van der Waals surface area contributed by atoms with Crippen molar-refractivity contribution < 1.29 is 0 Å². The smallest absolute Gasteiger partial charge is 0.0716 e. The Bertz CT molecular complexity index is 6620. The van der Waals surface area contributed by atoms with Gasteiger partial charge in [-0.2, -0.15) is 0 Å². The van der Waals surface area contributed by atoms with Gasteiger partial charge in [0.05, 0.1) is 119 Å². The van der Waals surface area contributed by atoms with Gasteiger partial charge in [0.15, 0.2) is 0 Å². The molecule has 0 radical (unpaired) electrons. The Morgan fingerprint density at radius 1 is 0.132 bits per heavy atom. The molecule has 0 unspecified atom stereocenters. The second-order valence-electron chi connectivity index (χ2n) is 31.9. The van der Waals surface area contributed by atoms with E-state index in [2.05, 4.69) is 488 Å². The van der Waals surface area contributed by atoms with Gasteiger partial charge in [-0.25, -0.2) is 0 Å². The number of para-hydroxylation sites is 16. The number of rotatable bonds is 10. The fourth-order valence-electron chi connectivity index (χ4n) is 20.7. The van der Waals surface area contributed by atoms with E-state index in [1.807, 2.05) is 0 Å². The molecule has 0 amide bonds. The van der Waals surface area contributed by atoms with E-state index in [-0.39, 0.29) is 0 Å². The quantitative estimate of drug-likeness (QED) is 0.134. The van der Waals surface area contributed by atoms with Crippen LogP contribution in [0.4, 0.5) is 136 Å². The lowest BCUT2D eigenvalue weighted by Crippen LogP contribution is -2.31. The molecule has 0 saturated carbocycles. The summed E-state index contributed by atoms with van der Waals surface area (Å²) in [4.78, 5) is 20.2. The number of anilines is 24. The van der Waals surface area contributed by atoms with Gasteiger partial charge in [-0.3, -0.25) is 0 Å². The van der Waals surface area contributed by atoms with E-state index in [9.17, 15) is 0 Å². The number of hydrogen-bond donors (Lipinski definition) is 0. The largest absolute Gasteiger partial charge is 0.306 e. The Morgan fingerprint density at radius 2 is 0.298 bits per heavy atom. The summed E-state index contributed by atoms with van der Waals surface area (Å²) in [6.07, 6.45) is 0. The molecule has 0 N–H and O–H groups in total. The Morgan fingerprint density at radius 3 is 0.521 bits per heavy atom. The highest BCUT2D eigenvalue weighted by molar-refractivity contribution is 6.14. The van der Waals surface area contributed by atoms with Crippen LogP contribution in [-0.4, -0.2) is 0 Å². The molecule has 0 spiro atoms. The SMILES string of the molecule is c1ccc2c(c1)-c1ccccc1C2(c1cc(N2c3ccccc3N(c3cccc4ccccc34)c3ccccc32)cc(N2c3ccccc3N(c3cccc4ccccc34)c3ccccc32)c1)c1cc(N2c3ccccc3N(c3cccc4ccccc34)c3ccccc32)cc(N2c3ccccc3N(c3cccc4ccccc34)c3ccccc32)c1. The molecule has 0 fully saturated rings. The molecule has 4 aliphatic heterocycles. The normalized spacial score (nSPS) is 13.7. The van der Waals surface area contributed by atoms with Crippen LogP contribution in [0.25, 0.3) is 54.2 Å². The van der Waals surface area contributed by atoms with Crippen LogP contribution in [0.1, 0.15) is 22.3 Å². The van der Waals surface area contributed by atoms with Gasteiger partial charge in [0.25, 0.3) is 0 Å². The molecule has 0 atom stereocenters. The fraction of sp³-hybridized carbons (Fsp3) is 0.00885. The van der Waals surface area contributed by atoms with Crippen molar-refractivity contribution in [3.8, 4) is 11.1 Å². The van der Waals surface area contributed by atoms with Crippen molar-refractivity contribution in [1.29, 1.82) is 0 Å². The number of hydrogen-bond acceptors (Lipinski definition) is 8. The van der Waals surface area contributed by atoms with Crippen molar-refractivity contribution in [2.24, 2.45) is 0 Å². The lowest BCUT2D eigenvalue weighted by atomic mass is 9.67. The molecule has 8 nitrogen and oxygen atoms in total. The minimum atomic E-state index is -1.09. The highest BCUT2D eigenvalue weighted by Gasteiger charge is 2.49. The molecular formula is C113H74N8. The standard InChI is InChI=1S/C113H74N8/c1-5-41-85-75(33-1)37-29-65-93(85)118-105-57-21-13-49-97(105)114(98-50-14-22-58-106(98)118)81-69-79(70-82(73-81)115-99-51-15-23-59-107(99)119(108-60-24-16-52-100(108)115)94-66-30-38-76-34-2-6-42-86(76)94)113(91-47-11-9-45-89(91)90-46-10-12-48-92(90)113)80-71-83(116-101-53-17-25-61-109(101)120(110-62-26-18-54-102(110)116)95-67-31-39-77-35-3-7-43-87(77)95)74-84(72-80)117-103-55-19-27-63-111(103)121(112-64-28-20-56-104(112)117)96-68-32-40-78-36-4-8-44-88(78)96/h1-74H. The van der Waals surface area contributed by atoms with Gasteiger partial charge < -0.3 is 39.2 Å². The van der Waals surface area contributed by atoms with E-state index in [1.54, 1.807) is 0 Å². The van der Waals surface area contributed by atoms with Gasteiger partial charge in [0.1, 0.15) is 0 Å². The molecule has 4 heterocycles. The monoisotopic (exact) mass is 1540 g/mol. The lowest BCUT2D eigenvalue weighted by Gasteiger charge is -2.44. The van der Waals surface area contributed by atoms with Crippen LogP contribution in [0.3, 0.4) is 0 Å². The van der Waals surface area contributed by atoms with Crippen LogP contribution < -0.4 is 39.2 Å². The minimum absolute atomic E-state index is 0.994. The molecule has 5 aliphatic rings. The predicted molar refractivity (Wildman–Crippen MR) is 505 cm³/mol. The molecule has 20 aromatic rings. The van der Waals surface area contributed by atoms with Gasteiger partial charge >= 0.3 is 0 Å². The van der Waals surface area contributed by atoms with Gasteiger partial charge in [0, 0.05) is 44.3 Å². The molecule has 121 heavy (non-hydrogen) atoms. The number of fused-ring (bicyclic) bond motifs is 15. The maximum Gasteiger partial charge on any atom is 0.0716 e. The van der Waals surface area contributed by atoms with Gasteiger partial charge in [-0.1, -0.05) is 291 Å². The Labute approximate surface area is 701 Å². The zero-order valence-electron chi connectivity index (χ0n) is 65.8. The van der Waals surface area contributed by atoms with Crippen LogP contribution in [-0.2, 0) is 5.41 Å². The molecule has 1 aliphatic carbocycles. The average molecular weight is 1540 g/mol. The highest BCUT2D eigenvalue weighted by Crippen LogP contribution is 2.66. The first kappa shape index (κ1) is 68.1. The Balaban J connectivity index is 0.802. The number of nitrogens with zero attached hydrogens (tertiary/aromatic N) is 8. The third-order valence-electron chi connectivity index (χ3n) is 25.6. The fourth-order valence-corrected chi connectivity index (χ4v) is 20.7. The van der Waals surface area contributed by atoms with Crippen molar-refractivity contribution in [3.05, 3.63) is 471 Å². The first-order chi connectivity index (χ1) is 60.1. The molecule has 0 saturated heterocycles. The molecule has 0 bridgehead atoms. The molecule has 25 rings (SSSR count). The predicted octanol–water partition coefficient (Wildman–Crippen LogP) is 31.7. The van der Waals surface area contributed by atoms with E-state index < -0.39 is 5.41 Å². The first-order valence-electron chi connectivity index (χ1n) is 41.6. The van der Waals surface area contributed by atoms with E-state index in [1.165, 1.54) is 65.3 Å². The summed E-state index contributed by atoms with van der Waals surface area (Å²) in [6, 6.07) is 168. The maximum atomic E-state index is 2.56. The summed E-state index contributed by atoms with van der Waals surface area (Å²) in [5.74, 6) is 0. The molecule has 0 aromatic heterocycles. The van der Waals surface area contributed by atoms with Gasteiger partial charge in [0.2, 0.25) is 0 Å². The van der Waals surface area contributed by atoms with E-state index in [0.717, 1.165) is 148 Å². The molecule has 20 aromatic carbocycles. The second kappa shape index (κ2) is 27.0. The molecule has 8 heteroatoms. The van der Waals surface area contributed by atoms with E-state index in [0.29, 0.717) is 0 Å². The van der Waals surface area contributed by atoms with Crippen molar-refractivity contribution in [2.45, 2.75) is 5.41 Å². The third kappa shape index (κ3) is 10.1.